The van der Waals surface area contributed by atoms with E-state index < -0.39 is 0 Å². The largest absolute Gasteiger partial charge is 0.326 e. The summed E-state index contributed by atoms with van der Waals surface area (Å²) in [6.07, 6.45) is 1.97. The van der Waals surface area contributed by atoms with Gasteiger partial charge in [-0.25, -0.2) is 0 Å². The van der Waals surface area contributed by atoms with Crippen molar-refractivity contribution < 1.29 is 9.59 Å². The van der Waals surface area contributed by atoms with Gasteiger partial charge in [0.05, 0.1) is 5.75 Å². The normalized spacial score (nSPS) is 13.4. The van der Waals surface area contributed by atoms with Crippen molar-refractivity contribution in [2.24, 2.45) is 5.92 Å². The summed E-state index contributed by atoms with van der Waals surface area (Å²) in [6, 6.07) is 13.5. The second kappa shape index (κ2) is 7.74. The zero-order chi connectivity index (χ0) is 17.8. The van der Waals surface area contributed by atoms with Gasteiger partial charge in [-0.3, -0.25) is 9.59 Å². The molecule has 5 heteroatoms. The van der Waals surface area contributed by atoms with Crippen LogP contribution in [0.4, 0.5) is 11.4 Å². The van der Waals surface area contributed by atoms with Gasteiger partial charge >= 0.3 is 0 Å². The van der Waals surface area contributed by atoms with E-state index in [0.29, 0.717) is 5.75 Å². The van der Waals surface area contributed by atoms with Crippen LogP contribution in [0.3, 0.4) is 0 Å². The van der Waals surface area contributed by atoms with Crippen molar-refractivity contribution in [1.82, 2.24) is 0 Å². The van der Waals surface area contributed by atoms with Crippen LogP contribution in [0.5, 0.6) is 0 Å². The second-order valence-corrected chi connectivity index (χ2v) is 7.46. The Morgan fingerprint density at radius 3 is 2.28 bits per heavy atom. The van der Waals surface area contributed by atoms with Crippen LogP contribution in [0.25, 0.3) is 0 Å². The summed E-state index contributed by atoms with van der Waals surface area (Å²) in [5.41, 5.74) is 3.87. The lowest BCUT2D eigenvalue weighted by molar-refractivity contribution is -0.117. The Labute approximate surface area is 152 Å². The summed E-state index contributed by atoms with van der Waals surface area (Å²) in [6.45, 7) is 4.10. The first-order chi connectivity index (χ1) is 12.0. The molecule has 25 heavy (non-hydrogen) atoms. The van der Waals surface area contributed by atoms with Gasteiger partial charge in [-0.2, -0.15) is 0 Å². The van der Waals surface area contributed by atoms with Crippen LogP contribution in [0, 0.1) is 19.8 Å². The number of carbonyl (C=O) groups is 2. The van der Waals surface area contributed by atoms with E-state index in [-0.39, 0.29) is 17.7 Å². The Kier molecular flexibility index (Phi) is 5.43. The number of benzene rings is 2. The lowest BCUT2D eigenvalue weighted by Gasteiger charge is -2.09. The number of rotatable bonds is 6. The minimum atomic E-state index is -0.0410. The highest BCUT2D eigenvalue weighted by Gasteiger charge is 2.29. The molecular weight excluding hydrogens is 332 g/mol. The predicted molar refractivity (Wildman–Crippen MR) is 103 cm³/mol. The second-order valence-electron chi connectivity index (χ2n) is 6.45. The number of nitrogens with one attached hydrogen (secondary N) is 2. The topological polar surface area (TPSA) is 58.2 Å². The first-order valence-electron chi connectivity index (χ1n) is 8.42. The van der Waals surface area contributed by atoms with Crippen molar-refractivity contribution in [1.29, 1.82) is 0 Å². The number of aryl methyl sites for hydroxylation is 2. The number of anilines is 2. The summed E-state index contributed by atoms with van der Waals surface area (Å²) in [5.74, 6) is 0.591. The molecular formula is C20H22N2O2S. The lowest BCUT2D eigenvalue weighted by atomic mass is 10.2. The van der Waals surface area contributed by atoms with Crippen LogP contribution in [0.1, 0.15) is 24.0 Å². The van der Waals surface area contributed by atoms with Crippen molar-refractivity contribution in [2.45, 2.75) is 31.6 Å². The Bertz CT molecular complexity index is 783. The number of hydrogen-bond donors (Lipinski definition) is 2. The fourth-order valence-corrected chi connectivity index (χ4v) is 3.35. The summed E-state index contributed by atoms with van der Waals surface area (Å²) in [4.78, 5) is 25.0. The average molecular weight is 354 g/mol. The molecule has 0 saturated heterocycles. The van der Waals surface area contributed by atoms with Crippen LogP contribution in [0.2, 0.25) is 0 Å². The predicted octanol–water partition coefficient (Wildman–Crippen LogP) is 4.38. The monoisotopic (exact) mass is 354 g/mol. The molecule has 130 valence electrons. The molecule has 0 aliphatic heterocycles. The molecule has 0 heterocycles. The number of thioether (sulfide) groups is 1. The van der Waals surface area contributed by atoms with E-state index in [1.54, 1.807) is 11.8 Å². The molecule has 4 nitrogen and oxygen atoms in total. The van der Waals surface area contributed by atoms with Gasteiger partial charge in [-0.1, -0.05) is 17.7 Å². The summed E-state index contributed by atoms with van der Waals surface area (Å²) >= 11 is 1.54. The highest BCUT2D eigenvalue weighted by atomic mass is 32.2. The maximum atomic E-state index is 12.1. The summed E-state index contributed by atoms with van der Waals surface area (Å²) in [7, 11) is 0. The zero-order valence-corrected chi connectivity index (χ0v) is 15.3. The van der Waals surface area contributed by atoms with Crippen LogP contribution in [-0.4, -0.2) is 17.6 Å². The Hall–Kier alpha value is -2.27. The Balaban J connectivity index is 1.50. The highest BCUT2D eigenvalue weighted by Crippen LogP contribution is 2.30. The highest BCUT2D eigenvalue weighted by molar-refractivity contribution is 8.00. The number of amides is 2. The standard InChI is InChI=1S/C20H22N2O2S/c1-13-3-4-14(2)18(11-13)25-12-19(23)21-16-7-9-17(10-8-16)22-20(24)15-5-6-15/h3-4,7-11,15H,5-6,12H2,1-2H3,(H,21,23)(H,22,24). The van der Waals surface area contributed by atoms with Crippen molar-refractivity contribution >= 4 is 35.0 Å². The van der Waals surface area contributed by atoms with Gasteiger partial charge in [-0.05, 0) is 62.6 Å². The third-order valence-corrected chi connectivity index (χ3v) is 5.24. The first-order valence-corrected chi connectivity index (χ1v) is 9.40. The van der Waals surface area contributed by atoms with Crippen LogP contribution in [-0.2, 0) is 9.59 Å². The molecule has 1 aliphatic carbocycles. The molecule has 3 rings (SSSR count). The smallest absolute Gasteiger partial charge is 0.234 e. The van der Waals surface area contributed by atoms with Gasteiger partial charge in [0.2, 0.25) is 11.8 Å². The molecule has 2 aromatic carbocycles. The van der Waals surface area contributed by atoms with E-state index in [9.17, 15) is 9.59 Å². The van der Waals surface area contributed by atoms with E-state index in [2.05, 4.69) is 28.8 Å². The van der Waals surface area contributed by atoms with Gasteiger partial charge < -0.3 is 10.6 Å². The molecule has 2 aromatic rings. The molecule has 1 aliphatic rings. The first kappa shape index (κ1) is 17.5. The summed E-state index contributed by atoms with van der Waals surface area (Å²) in [5, 5.41) is 5.78. The van der Waals surface area contributed by atoms with E-state index in [1.165, 1.54) is 11.1 Å². The maximum absolute atomic E-state index is 12.1. The molecule has 2 N–H and O–H groups in total. The molecule has 1 fully saturated rings. The van der Waals surface area contributed by atoms with Crippen LogP contribution < -0.4 is 10.6 Å². The third-order valence-electron chi connectivity index (χ3n) is 4.09. The van der Waals surface area contributed by atoms with Gasteiger partial charge in [0.25, 0.3) is 0 Å². The van der Waals surface area contributed by atoms with Gasteiger partial charge in [0.1, 0.15) is 0 Å². The Morgan fingerprint density at radius 2 is 1.64 bits per heavy atom. The van der Waals surface area contributed by atoms with E-state index in [1.807, 2.05) is 38.1 Å². The lowest BCUT2D eigenvalue weighted by Crippen LogP contribution is -2.15. The van der Waals surface area contributed by atoms with Crippen molar-refractivity contribution in [2.75, 3.05) is 16.4 Å². The van der Waals surface area contributed by atoms with Crippen molar-refractivity contribution in [3.05, 3.63) is 53.6 Å². The van der Waals surface area contributed by atoms with Crippen molar-refractivity contribution in [3.63, 3.8) is 0 Å². The quantitative estimate of drug-likeness (QED) is 0.757. The van der Waals surface area contributed by atoms with E-state index >= 15 is 0 Å². The van der Waals surface area contributed by atoms with Crippen LogP contribution in [0.15, 0.2) is 47.4 Å². The molecule has 0 unspecified atom stereocenters. The van der Waals surface area contributed by atoms with E-state index in [0.717, 1.165) is 29.1 Å². The fraction of sp³-hybridized carbons (Fsp3) is 0.300. The average Bonchev–Trinajstić information content (AvgIpc) is 3.42. The minimum absolute atomic E-state index is 0.0410. The van der Waals surface area contributed by atoms with Crippen LogP contribution >= 0.6 is 11.8 Å². The molecule has 0 bridgehead atoms. The Morgan fingerprint density at radius 1 is 1.00 bits per heavy atom. The SMILES string of the molecule is Cc1ccc(C)c(SCC(=O)Nc2ccc(NC(=O)C3CC3)cc2)c1. The molecule has 0 aromatic heterocycles. The molecule has 0 spiro atoms. The third kappa shape index (κ3) is 5.10. The molecule has 2 amide bonds. The van der Waals surface area contributed by atoms with E-state index in [4.69, 9.17) is 0 Å². The molecule has 0 atom stereocenters. The summed E-state index contributed by atoms with van der Waals surface area (Å²) < 4.78 is 0. The number of hydrogen-bond acceptors (Lipinski definition) is 3. The fourth-order valence-electron chi connectivity index (χ4n) is 2.43. The minimum Gasteiger partial charge on any atom is -0.326 e. The maximum Gasteiger partial charge on any atom is 0.234 e. The van der Waals surface area contributed by atoms with Gasteiger partial charge in [0, 0.05) is 22.2 Å². The molecule has 1 saturated carbocycles. The zero-order valence-electron chi connectivity index (χ0n) is 14.5. The molecule has 0 radical (unpaired) electrons. The van der Waals surface area contributed by atoms with Gasteiger partial charge in [-0.15, -0.1) is 11.8 Å². The van der Waals surface area contributed by atoms with Crippen molar-refractivity contribution in [3.8, 4) is 0 Å². The number of carbonyl (C=O) groups excluding carboxylic acids is 2. The van der Waals surface area contributed by atoms with Gasteiger partial charge in [0.15, 0.2) is 0 Å².